The molecule has 140 valence electrons. The van der Waals surface area contributed by atoms with E-state index in [0.717, 1.165) is 24.4 Å². The number of nitrogens with zero attached hydrogens (tertiary/aromatic N) is 2. The van der Waals surface area contributed by atoms with Crippen LogP contribution in [-0.2, 0) is 11.2 Å². The van der Waals surface area contributed by atoms with Gasteiger partial charge in [0.05, 0.1) is 6.42 Å². The zero-order valence-corrected chi connectivity index (χ0v) is 14.6. The van der Waals surface area contributed by atoms with E-state index in [9.17, 15) is 13.6 Å². The molecular weight excluding hydrogens is 352 g/mol. The molecule has 5 nitrogen and oxygen atoms in total. The molecule has 2 heterocycles. The highest BCUT2D eigenvalue weighted by Gasteiger charge is 2.24. The Kier molecular flexibility index (Phi) is 4.75. The lowest BCUT2D eigenvalue weighted by Gasteiger charge is -2.19. The fourth-order valence-corrected chi connectivity index (χ4v) is 3.45. The number of halogens is 2. The van der Waals surface area contributed by atoms with Gasteiger partial charge >= 0.3 is 0 Å². The summed E-state index contributed by atoms with van der Waals surface area (Å²) in [5, 5.41) is 7.76. The van der Waals surface area contributed by atoms with E-state index in [1.807, 2.05) is 29.2 Å². The lowest BCUT2D eigenvalue weighted by Crippen LogP contribution is -2.32. The number of para-hydroxylation sites is 1. The van der Waals surface area contributed by atoms with Crippen LogP contribution in [0.15, 0.2) is 47.0 Å². The average molecular weight is 371 g/mol. The van der Waals surface area contributed by atoms with Gasteiger partial charge in [-0.3, -0.25) is 4.79 Å². The number of carbonyl (C=O) groups is 1. The van der Waals surface area contributed by atoms with Crippen LogP contribution in [0.1, 0.15) is 12.1 Å². The molecule has 7 heteroatoms. The Morgan fingerprint density at radius 1 is 1.22 bits per heavy atom. The fraction of sp³-hybridized carbons (Fsp3) is 0.300. The van der Waals surface area contributed by atoms with Gasteiger partial charge in [0.1, 0.15) is 5.69 Å². The molecule has 1 fully saturated rings. The molecule has 0 spiro atoms. The highest BCUT2D eigenvalue weighted by Crippen LogP contribution is 2.25. The van der Waals surface area contributed by atoms with Crippen LogP contribution in [0.2, 0.25) is 0 Å². The molecule has 1 atom stereocenters. The van der Waals surface area contributed by atoms with E-state index in [-0.39, 0.29) is 18.2 Å². The first kappa shape index (κ1) is 17.5. The molecule has 1 aliphatic rings. The molecule has 3 aromatic rings. The zero-order valence-electron chi connectivity index (χ0n) is 14.6. The van der Waals surface area contributed by atoms with Crippen molar-refractivity contribution in [3.63, 3.8) is 0 Å². The summed E-state index contributed by atoms with van der Waals surface area (Å²) in [6.45, 7) is 1.98. The number of carbonyl (C=O) groups excluding carboxylic acids is 1. The summed E-state index contributed by atoms with van der Waals surface area (Å²) < 4.78 is 31.7. The monoisotopic (exact) mass is 371 g/mol. The standard InChI is InChI=1S/C20H19F2N3O2/c21-16-6-5-14(9-17(16)22)25-8-7-13(12-25)11-23-20(26)10-18-15-3-1-2-4-19(15)27-24-18/h1-6,9,13H,7-8,10-12H2,(H,23,26). The van der Waals surface area contributed by atoms with Crippen molar-refractivity contribution in [1.82, 2.24) is 10.5 Å². The maximum atomic E-state index is 13.4. The summed E-state index contributed by atoms with van der Waals surface area (Å²) in [5.74, 6) is -1.54. The molecule has 0 aliphatic carbocycles. The maximum absolute atomic E-state index is 13.4. The summed E-state index contributed by atoms with van der Waals surface area (Å²) in [6.07, 6.45) is 1.04. The molecule has 1 N–H and O–H groups in total. The Balaban J connectivity index is 1.30. The molecule has 0 saturated carbocycles. The van der Waals surface area contributed by atoms with Gasteiger partial charge in [0.2, 0.25) is 5.91 Å². The number of hydrogen-bond acceptors (Lipinski definition) is 4. The number of amides is 1. The van der Waals surface area contributed by atoms with Crippen molar-refractivity contribution in [2.24, 2.45) is 5.92 Å². The van der Waals surface area contributed by atoms with Crippen LogP contribution >= 0.6 is 0 Å². The molecule has 1 saturated heterocycles. The summed E-state index contributed by atoms with van der Waals surface area (Å²) in [7, 11) is 0. The lowest BCUT2D eigenvalue weighted by atomic mass is 10.1. The molecular formula is C20H19F2N3O2. The topological polar surface area (TPSA) is 58.4 Å². The third-order valence-corrected chi connectivity index (χ3v) is 4.92. The van der Waals surface area contributed by atoms with Gasteiger partial charge in [-0.2, -0.15) is 0 Å². The molecule has 0 radical (unpaired) electrons. The number of anilines is 1. The van der Waals surface area contributed by atoms with Crippen molar-refractivity contribution in [2.75, 3.05) is 24.5 Å². The van der Waals surface area contributed by atoms with Crippen LogP contribution < -0.4 is 10.2 Å². The quantitative estimate of drug-likeness (QED) is 0.748. The minimum Gasteiger partial charge on any atom is -0.371 e. The van der Waals surface area contributed by atoms with Gasteiger partial charge in [-0.25, -0.2) is 8.78 Å². The number of rotatable bonds is 5. The molecule has 0 bridgehead atoms. The van der Waals surface area contributed by atoms with Crippen molar-refractivity contribution in [2.45, 2.75) is 12.8 Å². The van der Waals surface area contributed by atoms with Gasteiger partial charge in [0.25, 0.3) is 0 Å². The van der Waals surface area contributed by atoms with E-state index in [0.29, 0.717) is 30.1 Å². The normalized spacial score (nSPS) is 16.8. The summed E-state index contributed by atoms with van der Waals surface area (Å²) in [5.41, 5.74) is 1.95. The zero-order chi connectivity index (χ0) is 18.8. The van der Waals surface area contributed by atoms with Gasteiger partial charge in [0.15, 0.2) is 17.2 Å². The Morgan fingerprint density at radius 2 is 2.07 bits per heavy atom. The van der Waals surface area contributed by atoms with E-state index in [4.69, 9.17) is 4.52 Å². The average Bonchev–Trinajstić information content (AvgIpc) is 3.30. The second kappa shape index (κ2) is 7.34. The largest absolute Gasteiger partial charge is 0.371 e. The first-order valence-electron chi connectivity index (χ1n) is 8.90. The number of fused-ring (bicyclic) bond motifs is 1. The minimum atomic E-state index is -0.845. The molecule has 1 unspecified atom stereocenters. The van der Waals surface area contributed by atoms with Crippen molar-refractivity contribution >= 4 is 22.6 Å². The van der Waals surface area contributed by atoms with E-state index < -0.39 is 11.6 Å². The van der Waals surface area contributed by atoms with E-state index in [1.165, 1.54) is 6.07 Å². The highest BCUT2D eigenvalue weighted by molar-refractivity contribution is 5.86. The van der Waals surface area contributed by atoms with Crippen LogP contribution in [0.25, 0.3) is 11.0 Å². The maximum Gasteiger partial charge on any atom is 0.226 e. The van der Waals surface area contributed by atoms with E-state index in [2.05, 4.69) is 10.5 Å². The number of nitrogens with one attached hydrogen (secondary N) is 1. The molecule has 1 aliphatic heterocycles. The number of hydrogen-bond donors (Lipinski definition) is 1. The van der Waals surface area contributed by atoms with Crippen molar-refractivity contribution < 1.29 is 18.1 Å². The van der Waals surface area contributed by atoms with Crippen molar-refractivity contribution in [3.05, 3.63) is 59.8 Å². The third kappa shape index (κ3) is 3.77. The number of benzene rings is 2. The molecule has 1 aromatic heterocycles. The Labute approximate surface area is 154 Å². The third-order valence-electron chi connectivity index (χ3n) is 4.92. The van der Waals surface area contributed by atoms with Crippen LogP contribution in [0, 0.1) is 17.6 Å². The van der Waals surface area contributed by atoms with Gasteiger partial charge in [-0.15, -0.1) is 0 Å². The lowest BCUT2D eigenvalue weighted by molar-refractivity contribution is -0.120. The first-order chi connectivity index (χ1) is 13.1. The van der Waals surface area contributed by atoms with Crippen LogP contribution in [0.5, 0.6) is 0 Å². The van der Waals surface area contributed by atoms with Crippen molar-refractivity contribution in [1.29, 1.82) is 0 Å². The van der Waals surface area contributed by atoms with Gasteiger partial charge in [0, 0.05) is 36.8 Å². The predicted molar refractivity (Wildman–Crippen MR) is 97.4 cm³/mol. The van der Waals surface area contributed by atoms with Gasteiger partial charge < -0.3 is 14.7 Å². The highest BCUT2D eigenvalue weighted by atomic mass is 19.2. The predicted octanol–water partition coefficient (Wildman–Crippen LogP) is 3.29. The SMILES string of the molecule is O=C(Cc1noc2ccccc12)NCC1CCN(c2ccc(F)c(F)c2)C1. The van der Waals surface area contributed by atoms with Gasteiger partial charge in [-0.1, -0.05) is 17.3 Å². The molecule has 4 rings (SSSR count). The molecule has 2 aromatic carbocycles. The van der Waals surface area contributed by atoms with Crippen LogP contribution in [0.3, 0.4) is 0 Å². The Bertz CT molecular complexity index is 973. The van der Waals surface area contributed by atoms with E-state index >= 15 is 0 Å². The Hall–Kier alpha value is -2.96. The summed E-state index contributed by atoms with van der Waals surface area (Å²) in [6, 6.07) is 11.4. The van der Waals surface area contributed by atoms with Crippen LogP contribution in [-0.4, -0.2) is 30.7 Å². The second-order valence-electron chi connectivity index (χ2n) is 6.81. The fourth-order valence-electron chi connectivity index (χ4n) is 3.45. The Morgan fingerprint density at radius 3 is 2.93 bits per heavy atom. The van der Waals surface area contributed by atoms with Crippen molar-refractivity contribution in [3.8, 4) is 0 Å². The summed E-state index contributed by atoms with van der Waals surface area (Å²) in [4.78, 5) is 14.3. The number of aromatic nitrogens is 1. The van der Waals surface area contributed by atoms with Crippen LogP contribution in [0.4, 0.5) is 14.5 Å². The second-order valence-corrected chi connectivity index (χ2v) is 6.81. The summed E-state index contributed by atoms with van der Waals surface area (Å²) >= 11 is 0. The smallest absolute Gasteiger partial charge is 0.226 e. The first-order valence-corrected chi connectivity index (χ1v) is 8.90. The van der Waals surface area contributed by atoms with E-state index in [1.54, 1.807) is 6.07 Å². The molecule has 27 heavy (non-hydrogen) atoms. The van der Waals surface area contributed by atoms with Gasteiger partial charge in [-0.05, 0) is 36.6 Å². The molecule has 1 amide bonds. The minimum absolute atomic E-state index is 0.111.